The summed E-state index contributed by atoms with van der Waals surface area (Å²) in [4.78, 5) is 0. The molecule has 1 heterocycles. The second-order valence-electron chi connectivity index (χ2n) is 2.43. The third-order valence-electron chi connectivity index (χ3n) is 1.44. The molecular weight excluding hydrogens is 158 g/mol. The fourth-order valence-corrected chi connectivity index (χ4v) is 0.812. The molecule has 0 saturated carbocycles. The summed E-state index contributed by atoms with van der Waals surface area (Å²) < 4.78 is 9.85. The standard InChI is InChI=1S/C8H13NO3/c10-4-1-5-11-6-2-8-3-7-12-9-8/h3,7,10H,1-2,4-6H2. The van der Waals surface area contributed by atoms with Crippen LogP contribution in [0.3, 0.4) is 0 Å². The first-order valence-electron chi connectivity index (χ1n) is 4.01. The Morgan fingerprint density at radius 3 is 3.08 bits per heavy atom. The number of aliphatic hydroxyl groups excluding tert-OH is 1. The topological polar surface area (TPSA) is 55.5 Å². The van der Waals surface area contributed by atoms with Crippen molar-refractivity contribution in [2.24, 2.45) is 0 Å². The molecule has 1 aromatic heterocycles. The number of hydrogen-bond donors (Lipinski definition) is 1. The Balaban J connectivity index is 1.96. The zero-order valence-corrected chi connectivity index (χ0v) is 6.90. The van der Waals surface area contributed by atoms with Gasteiger partial charge in [0.25, 0.3) is 0 Å². The summed E-state index contributed by atoms with van der Waals surface area (Å²) in [5.41, 5.74) is 0.902. The van der Waals surface area contributed by atoms with Gasteiger partial charge in [-0.25, -0.2) is 0 Å². The number of hydrogen-bond acceptors (Lipinski definition) is 4. The van der Waals surface area contributed by atoms with Crippen molar-refractivity contribution in [1.29, 1.82) is 0 Å². The maximum atomic E-state index is 8.44. The summed E-state index contributed by atoms with van der Waals surface area (Å²) in [6.07, 6.45) is 3.00. The van der Waals surface area contributed by atoms with E-state index < -0.39 is 0 Å². The largest absolute Gasteiger partial charge is 0.396 e. The highest BCUT2D eigenvalue weighted by molar-refractivity contribution is 4.94. The van der Waals surface area contributed by atoms with Crippen molar-refractivity contribution in [3.8, 4) is 0 Å². The Labute approximate surface area is 71.1 Å². The molecule has 0 aliphatic heterocycles. The van der Waals surface area contributed by atoms with E-state index in [-0.39, 0.29) is 6.61 Å². The molecule has 0 fully saturated rings. The molecule has 0 aliphatic rings. The third kappa shape index (κ3) is 3.50. The molecule has 68 valence electrons. The van der Waals surface area contributed by atoms with Gasteiger partial charge in [0.15, 0.2) is 0 Å². The summed E-state index contributed by atoms with van der Waals surface area (Å²) >= 11 is 0. The minimum atomic E-state index is 0.184. The van der Waals surface area contributed by atoms with E-state index in [1.54, 1.807) is 6.26 Å². The van der Waals surface area contributed by atoms with Crippen molar-refractivity contribution in [2.45, 2.75) is 12.8 Å². The molecule has 0 spiro atoms. The van der Waals surface area contributed by atoms with Gasteiger partial charge in [0, 0.05) is 25.7 Å². The molecule has 1 rings (SSSR count). The molecular formula is C8H13NO3. The summed E-state index contributed by atoms with van der Waals surface area (Å²) in [7, 11) is 0. The predicted octanol–water partition coefficient (Wildman–Crippen LogP) is 0.616. The third-order valence-corrected chi connectivity index (χ3v) is 1.44. The smallest absolute Gasteiger partial charge is 0.124 e. The number of nitrogens with zero attached hydrogens (tertiary/aromatic N) is 1. The lowest BCUT2D eigenvalue weighted by Gasteiger charge is -1.99. The normalized spacial score (nSPS) is 10.4. The Morgan fingerprint density at radius 1 is 1.50 bits per heavy atom. The van der Waals surface area contributed by atoms with Gasteiger partial charge in [-0.15, -0.1) is 0 Å². The molecule has 0 radical (unpaired) electrons. The highest BCUT2D eigenvalue weighted by Gasteiger charge is 1.95. The number of aromatic nitrogens is 1. The van der Waals surface area contributed by atoms with E-state index >= 15 is 0 Å². The van der Waals surface area contributed by atoms with Crippen molar-refractivity contribution in [2.75, 3.05) is 19.8 Å². The number of rotatable bonds is 6. The molecule has 0 aliphatic carbocycles. The molecule has 1 N–H and O–H groups in total. The molecule has 0 aromatic carbocycles. The van der Waals surface area contributed by atoms with Crippen LogP contribution in [-0.4, -0.2) is 30.1 Å². The summed E-state index contributed by atoms with van der Waals surface area (Å²) in [5.74, 6) is 0. The lowest BCUT2D eigenvalue weighted by atomic mass is 10.3. The fraction of sp³-hybridized carbons (Fsp3) is 0.625. The van der Waals surface area contributed by atoms with Crippen LogP contribution in [0, 0.1) is 0 Å². The Kier molecular flexibility index (Phi) is 4.41. The summed E-state index contributed by atoms with van der Waals surface area (Å²) in [5, 5.41) is 12.2. The van der Waals surface area contributed by atoms with Gasteiger partial charge in [0.1, 0.15) is 6.26 Å². The number of ether oxygens (including phenoxy) is 1. The lowest BCUT2D eigenvalue weighted by molar-refractivity contribution is 0.117. The number of aliphatic hydroxyl groups is 1. The quantitative estimate of drug-likeness (QED) is 0.637. The van der Waals surface area contributed by atoms with Gasteiger partial charge in [-0.1, -0.05) is 5.16 Å². The van der Waals surface area contributed by atoms with Gasteiger partial charge in [0.05, 0.1) is 12.3 Å². The molecule has 12 heavy (non-hydrogen) atoms. The highest BCUT2D eigenvalue weighted by Crippen LogP contribution is 1.95. The van der Waals surface area contributed by atoms with Crippen LogP contribution in [0.5, 0.6) is 0 Å². The minimum Gasteiger partial charge on any atom is -0.396 e. The van der Waals surface area contributed by atoms with Crippen LogP contribution in [0.4, 0.5) is 0 Å². The Hall–Kier alpha value is -0.870. The molecule has 0 saturated heterocycles. The van der Waals surface area contributed by atoms with Crippen molar-refractivity contribution in [1.82, 2.24) is 5.16 Å². The molecule has 0 amide bonds. The predicted molar refractivity (Wildman–Crippen MR) is 42.7 cm³/mol. The first-order valence-corrected chi connectivity index (χ1v) is 4.01. The monoisotopic (exact) mass is 171 g/mol. The van der Waals surface area contributed by atoms with Crippen LogP contribution >= 0.6 is 0 Å². The van der Waals surface area contributed by atoms with E-state index in [1.165, 1.54) is 0 Å². The molecule has 0 unspecified atom stereocenters. The van der Waals surface area contributed by atoms with E-state index in [1.807, 2.05) is 6.07 Å². The summed E-state index contributed by atoms with van der Waals surface area (Å²) in [6, 6.07) is 1.81. The van der Waals surface area contributed by atoms with Crippen molar-refractivity contribution >= 4 is 0 Å². The SMILES string of the molecule is OCCCOCCc1ccon1. The zero-order valence-electron chi connectivity index (χ0n) is 6.90. The van der Waals surface area contributed by atoms with E-state index in [2.05, 4.69) is 9.68 Å². The minimum absolute atomic E-state index is 0.184. The van der Waals surface area contributed by atoms with Crippen LogP contribution in [0.15, 0.2) is 16.9 Å². The van der Waals surface area contributed by atoms with Crippen LogP contribution in [0.2, 0.25) is 0 Å². The average Bonchev–Trinajstić information content (AvgIpc) is 2.57. The maximum Gasteiger partial charge on any atom is 0.124 e. The van der Waals surface area contributed by atoms with Crippen LogP contribution in [0.1, 0.15) is 12.1 Å². The lowest BCUT2D eigenvalue weighted by Crippen LogP contribution is -2.01. The van der Waals surface area contributed by atoms with E-state index in [4.69, 9.17) is 9.84 Å². The van der Waals surface area contributed by atoms with Crippen LogP contribution < -0.4 is 0 Å². The molecule has 0 atom stereocenters. The average molecular weight is 171 g/mol. The van der Waals surface area contributed by atoms with Crippen LogP contribution in [0.25, 0.3) is 0 Å². The second kappa shape index (κ2) is 5.74. The Morgan fingerprint density at radius 2 is 2.42 bits per heavy atom. The van der Waals surface area contributed by atoms with Gasteiger partial charge in [-0.3, -0.25) is 0 Å². The van der Waals surface area contributed by atoms with Gasteiger partial charge in [-0.2, -0.15) is 0 Å². The van der Waals surface area contributed by atoms with E-state index in [0.717, 1.165) is 12.1 Å². The first kappa shape index (κ1) is 9.22. The van der Waals surface area contributed by atoms with Gasteiger partial charge >= 0.3 is 0 Å². The molecule has 0 bridgehead atoms. The maximum absolute atomic E-state index is 8.44. The highest BCUT2D eigenvalue weighted by atomic mass is 16.5. The van der Waals surface area contributed by atoms with Crippen molar-refractivity contribution < 1.29 is 14.4 Å². The second-order valence-corrected chi connectivity index (χ2v) is 2.43. The Bertz CT molecular complexity index is 186. The van der Waals surface area contributed by atoms with E-state index in [9.17, 15) is 0 Å². The van der Waals surface area contributed by atoms with Crippen molar-refractivity contribution in [3.63, 3.8) is 0 Å². The van der Waals surface area contributed by atoms with Gasteiger partial charge in [-0.05, 0) is 6.42 Å². The van der Waals surface area contributed by atoms with Crippen molar-refractivity contribution in [3.05, 3.63) is 18.0 Å². The molecule has 1 aromatic rings. The fourth-order valence-electron chi connectivity index (χ4n) is 0.812. The first-order chi connectivity index (χ1) is 5.93. The zero-order chi connectivity index (χ0) is 8.65. The van der Waals surface area contributed by atoms with Crippen LogP contribution in [-0.2, 0) is 11.2 Å². The van der Waals surface area contributed by atoms with Gasteiger partial charge < -0.3 is 14.4 Å². The van der Waals surface area contributed by atoms with E-state index in [0.29, 0.717) is 19.6 Å². The molecule has 4 nitrogen and oxygen atoms in total. The molecule has 4 heteroatoms. The summed E-state index contributed by atoms with van der Waals surface area (Å²) in [6.45, 7) is 1.42. The van der Waals surface area contributed by atoms with Gasteiger partial charge in [0.2, 0.25) is 0 Å².